The molecule has 1 atom stereocenters. The van der Waals surface area contributed by atoms with E-state index in [0.717, 1.165) is 12.2 Å². The van der Waals surface area contributed by atoms with Crippen molar-refractivity contribution in [3.63, 3.8) is 0 Å². The predicted molar refractivity (Wildman–Crippen MR) is 94.1 cm³/mol. The molecule has 0 fully saturated rings. The van der Waals surface area contributed by atoms with Crippen molar-refractivity contribution in [2.75, 3.05) is 0 Å². The lowest BCUT2D eigenvalue weighted by molar-refractivity contribution is 0.573. The van der Waals surface area contributed by atoms with Crippen LogP contribution >= 0.6 is 0 Å². The molecular weight excluding hydrogens is 282 g/mol. The van der Waals surface area contributed by atoms with E-state index in [1.54, 1.807) is 0 Å². The van der Waals surface area contributed by atoms with E-state index in [4.69, 9.17) is 5.26 Å². The Labute approximate surface area is 137 Å². The second-order valence-electron chi connectivity index (χ2n) is 6.02. The van der Waals surface area contributed by atoms with Crippen LogP contribution in [-0.2, 0) is 13.6 Å². The normalized spacial score (nSPS) is 12.3. The Morgan fingerprint density at radius 2 is 1.87 bits per heavy atom. The number of nitriles is 1. The molecule has 1 N–H and O–H groups in total. The van der Waals surface area contributed by atoms with Crippen molar-refractivity contribution in [3.8, 4) is 6.07 Å². The van der Waals surface area contributed by atoms with Gasteiger partial charge in [0.2, 0.25) is 0 Å². The summed E-state index contributed by atoms with van der Waals surface area (Å²) in [6.07, 6.45) is 0. The lowest BCUT2D eigenvalue weighted by Crippen LogP contribution is -2.18. The summed E-state index contributed by atoms with van der Waals surface area (Å²) in [7, 11) is 1.93. The van der Waals surface area contributed by atoms with Gasteiger partial charge in [0.15, 0.2) is 0 Å². The van der Waals surface area contributed by atoms with Crippen molar-refractivity contribution >= 4 is 10.8 Å². The summed E-state index contributed by atoms with van der Waals surface area (Å²) in [5.41, 5.74) is 4.30. The van der Waals surface area contributed by atoms with Gasteiger partial charge in [-0.15, -0.1) is 0 Å². The summed E-state index contributed by atoms with van der Waals surface area (Å²) in [5.74, 6) is 0. The molecule has 2 aromatic carbocycles. The number of fused-ring (bicyclic) bond motifs is 1. The molecule has 0 radical (unpaired) electrons. The SMILES string of the molecule is Cc1c(CN[C@H](C)c2ccc3ccccc3c2)cc(C#N)n1C. The summed E-state index contributed by atoms with van der Waals surface area (Å²) in [5, 5.41) is 15.2. The van der Waals surface area contributed by atoms with Gasteiger partial charge in [-0.1, -0.05) is 36.4 Å². The van der Waals surface area contributed by atoms with E-state index >= 15 is 0 Å². The average Bonchev–Trinajstić information content (AvgIpc) is 2.87. The van der Waals surface area contributed by atoms with Gasteiger partial charge in [-0.3, -0.25) is 0 Å². The highest BCUT2D eigenvalue weighted by molar-refractivity contribution is 5.83. The van der Waals surface area contributed by atoms with E-state index in [1.807, 2.05) is 17.7 Å². The maximum absolute atomic E-state index is 9.12. The van der Waals surface area contributed by atoms with E-state index < -0.39 is 0 Å². The van der Waals surface area contributed by atoms with E-state index in [2.05, 4.69) is 67.7 Å². The number of benzene rings is 2. The van der Waals surface area contributed by atoms with Crippen LogP contribution in [0.25, 0.3) is 10.8 Å². The Morgan fingerprint density at radius 1 is 1.13 bits per heavy atom. The van der Waals surface area contributed by atoms with E-state index in [1.165, 1.54) is 21.9 Å². The molecule has 0 unspecified atom stereocenters. The van der Waals surface area contributed by atoms with Crippen LogP contribution < -0.4 is 5.32 Å². The number of aromatic nitrogens is 1. The van der Waals surface area contributed by atoms with Crippen LogP contribution in [-0.4, -0.2) is 4.57 Å². The maximum atomic E-state index is 9.12. The summed E-state index contributed by atoms with van der Waals surface area (Å²) in [4.78, 5) is 0. The highest BCUT2D eigenvalue weighted by Gasteiger charge is 2.11. The van der Waals surface area contributed by atoms with E-state index in [9.17, 15) is 0 Å². The molecule has 0 saturated heterocycles. The first-order valence-electron chi connectivity index (χ1n) is 7.87. The van der Waals surface area contributed by atoms with Crippen LogP contribution in [0.1, 0.15) is 35.5 Å². The first-order valence-corrected chi connectivity index (χ1v) is 7.87. The highest BCUT2D eigenvalue weighted by Crippen LogP contribution is 2.21. The van der Waals surface area contributed by atoms with Gasteiger partial charge in [-0.25, -0.2) is 0 Å². The minimum absolute atomic E-state index is 0.254. The third-order valence-corrected chi connectivity index (χ3v) is 4.63. The zero-order valence-corrected chi connectivity index (χ0v) is 13.8. The van der Waals surface area contributed by atoms with Gasteiger partial charge in [0.05, 0.1) is 0 Å². The first-order chi connectivity index (χ1) is 11.1. The summed E-state index contributed by atoms with van der Waals surface area (Å²) < 4.78 is 1.94. The number of hydrogen-bond donors (Lipinski definition) is 1. The van der Waals surface area contributed by atoms with Crippen LogP contribution in [0.3, 0.4) is 0 Å². The summed E-state index contributed by atoms with van der Waals surface area (Å²) >= 11 is 0. The Kier molecular flexibility index (Phi) is 4.18. The molecule has 0 saturated carbocycles. The number of hydrogen-bond acceptors (Lipinski definition) is 2. The Bertz CT molecular complexity index is 884. The van der Waals surface area contributed by atoms with Gasteiger partial charge in [0.25, 0.3) is 0 Å². The predicted octanol–water partition coefficient (Wildman–Crippen LogP) is 4.21. The van der Waals surface area contributed by atoms with Crippen molar-refractivity contribution in [2.24, 2.45) is 7.05 Å². The topological polar surface area (TPSA) is 40.8 Å². The molecule has 0 spiro atoms. The van der Waals surface area contributed by atoms with Crippen molar-refractivity contribution in [1.82, 2.24) is 9.88 Å². The number of nitrogens with one attached hydrogen (secondary N) is 1. The third kappa shape index (κ3) is 2.99. The zero-order chi connectivity index (χ0) is 16.4. The molecule has 0 aliphatic heterocycles. The van der Waals surface area contributed by atoms with Crippen LogP contribution in [0.5, 0.6) is 0 Å². The number of rotatable bonds is 4. The van der Waals surface area contributed by atoms with Gasteiger partial charge in [-0.2, -0.15) is 5.26 Å². The zero-order valence-electron chi connectivity index (χ0n) is 13.8. The second-order valence-corrected chi connectivity index (χ2v) is 6.02. The Hall–Kier alpha value is -2.57. The second kappa shape index (κ2) is 6.28. The minimum Gasteiger partial charge on any atom is -0.340 e. The molecular formula is C20H21N3. The molecule has 3 heteroatoms. The molecule has 0 bridgehead atoms. The Morgan fingerprint density at radius 3 is 2.57 bits per heavy atom. The first kappa shape index (κ1) is 15.3. The van der Waals surface area contributed by atoms with Crippen molar-refractivity contribution < 1.29 is 0 Å². The molecule has 116 valence electrons. The number of nitrogens with zero attached hydrogens (tertiary/aromatic N) is 2. The van der Waals surface area contributed by atoms with E-state index in [-0.39, 0.29) is 6.04 Å². The van der Waals surface area contributed by atoms with Crippen molar-refractivity contribution in [2.45, 2.75) is 26.4 Å². The largest absolute Gasteiger partial charge is 0.340 e. The van der Waals surface area contributed by atoms with E-state index in [0.29, 0.717) is 5.69 Å². The molecule has 3 aromatic rings. The van der Waals surface area contributed by atoms with Crippen LogP contribution in [0.15, 0.2) is 48.5 Å². The van der Waals surface area contributed by atoms with Crippen molar-refractivity contribution in [3.05, 3.63) is 71.0 Å². The summed E-state index contributed by atoms with van der Waals surface area (Å²) in [6.45, 7) is 4.99. The average molecular weight is 303 g/mol. The molecule has 0 aliphatic carbocycles. The minimum atomic E-state index is 0.254. The van der Waals surface area contributed by atoms with Crippen LogP contribution in [0.4, 0.5) is 0 Å². The quantitative estimate of drug-likeness (QED) is 0.784. The van der Waals surface area contributed by atoms with Crippen LogP contribution in [0, 0.1) is 18.3 Å². The monoisotopic (exact) mass is 303 g/mol. The standard InChI is InChI=1S/C20H21N3/c1-14(17-9-8-16-6-4-5-7-18(16)10-17)22-13-19-11-20(12-21)23(3)15(19)2/h4-11,14,22H,13H2,1-3H3/t14-/m1/s1. The van der Waals surface area contributed by atoms with Crippen LogP contribution in [0.2, 0.25) is 0 Å². The van der Waals surface area contributed by atoms with Gasteiger partial charge >= 0.3 is 0 Å². The molecule has 3 rings (SSSR count). The molecule has 1 aromatic heterocycles. The molecule has 3 nitrogen and oxygen atoms in total. The van der Waals surface area contributed by atoms with Gasteiger partial charge in [-0.05, 0) is 47.9 Å². The maximum Gasteiger partial charge on any atom is 0.120 e. The lowest BCUT2D eigenvalue weighted by atomic mass is 10.0. The lowest BCUT2D eigenvalue weighted by Gasteiger charge is -2.15. The fourth-order valence-electron chi connectivity index (χ4n) is 2.91. The highest BCUT2D eigenvalue weighted by atomic mass is 15.0. The van der Waals surface area contributed by atoms with Gasteiger partial charge in [0.1, 0.15) is 11.8 Å². The molecule has 0 amide bonds. The molecule has 0 aliphatic rings. The molecule has 23 heavy (non-hydrogen) atoms. The Balaban J connectivity index is 1.76. The smallest absolute Gasteiger partial charge is 0.120 e. The third-order valence-electron chi connectivity index (χ3n) is 4.63. The fraction of sp³-hybridized carbons (Fsp3) is 0.250. The fourth-order valence-corrected chi connectivity index (χ4v) is 2.91. The molecule has 1 heterocycles. The van der Waals surface area contributed by atoms with Gasteiger partial charge in [0, 0.05) is 25.3 Å². The summed E-state index contributed by atoms with van der Waals surface area (Å²) in [6, 6.07) is 19.5. The van der Waals surface area contributed by atoms with Crippen molar-refractivity contribution in [1.29, 1.82) is 5.26 Å². The van der Waals surface area contributed by atoms with Gasteiger partial charge < -0.3 is 9.88 Å².